The molecule has 1 aliphatic heterocycles. The first-order valence-electron chi connectivity index (χ1n) is 5.92. The molecule has 0 saturated carbocycles. The Labute approximate surface area is 120 Å². The molecule has 0 spiro atoms. The third-order valence-corrected chi connectivity index (χ3v) is 4.74. The predicted molar refractivity (Wildman–Crippen MR) is 77.0 cm³/mol. The maximum atomic E-state index is 5.67. The molecule has 0 aliphatic carbocycles. The van der Waals surface area contributed by atoms with Crippen LogP contribution in [0.25, 0.3) is 0 Å². The van der Waals surface area contributed by atoms with Crippen molar-refractivity contribution in [1.29, 1.82) is 0 Å². The molecule has 0 atom stereocenters. The predicted octanol–water partition coefficient (Wildman–Crippen LogP) is 3.73. The quantitative estimate of drug-likeness (QED) is 0.759. The zero-order valence-corrected chi connectivity index (χ0v) is 12.9. The number of halogens is 2. The van der Waals surface area contributed by atoms with Crippen LogP contribution in [0.15, 0.2) is 15.9 Å². The molecule has 5 heteroatoms. The first kappa shape index (κ1) is 13.8. The van der Waals surface area contributed by atoms with Crippen LogP contribution < -0.4 is 0 Å². The summed E-state index contributed by atoms with van der Waals surface area (Å²) in [5, 5.41) is 0. The summed E-state index contributed by atoms with van der Waals surface area (Å²) >= 11 is 10.9. The number of rotatable bonds is 5. The fraction of sp³-hybridized carbons (Fsp3) is 0.667. The minimum atomic E-state index is 0.417. The van der Waals surface area contributed by atoms with Crippen LogP contribution in [0.5, 0.6) is 0 Å². The van der Waals surface area contributed by atoms with Gasteiger partial charge in [0.05, 0.1) is 16.5 Å². The number of likely N-dealkylation sites (tertiary alicyclic amines) is 1. The van der Waals surface area contributed by atoms with Gasteiger partial charge in [0.1, 0.15) is 0 Å². The van der Waals surface area contributed by atoms with Crippen LogP contribution in [-0.2, 0) is 11.3 Å². The second kappa shape index (κ2) is 7.10. The summed E-state index contributed by atoms with van der Waals surface area (Å²) in [7, 11) is 0. The molecular formula is C12H17BrClNOS. The van der Waals surface area contributed by atoms with E-state index >= 15 is 0 Å². The lowest BCUT2D eigenvalue weighted by Crippen LogP contribution is -2.36. The van der Waals surface area contributed by atoms with Gasteiger partial charge < -0.3 is 4.74 Å². The smallest absolute Gasteiger partial charge is 0.0701 e. The Morgan fingerprint density at radius 1 is 1.41 bits per heavy atom. The van der Waals surface area contributed by atoms with Crippen molar-refractivity contribution in [3.8, 4) is 0 Å². The van der Waals surface area contributed by atoms with Crippen molar-refractivity contribution >= 4 is 38.9 Å². The summed E-state index contributed by atoms with van der Waals surface area (Å²) in [6.45, 7) is 4.01. The zero-order chi connectivity index (χ0) is 12.1. The van der Waals surface area contributed by atoms with Gasteiger partial charge in [-0.05, 0) is 40.9 Å². The Hall–Kier alpha value is 0.390. The second-order valence-electron chi connectivity index (χ2n) is 4.24. The fourth-order valence-electron chi connectivity index (χ4n) is 2.10. The average molecular weight is 339 g/mol. The van der Waals surface area contributed by atoms with E-state index in [1.54, 1.807) is 0 Å². The molecule has 0 unspecified atom stereocenters. The van der Waals surface area contributed by atoms with Crippen molar-refractivity contribution in [1.82, 2.24) is 4.90 Å². The van der Waals surface area contributed by atoms with Crippen LogP contribution in [0.3, 0.4) is 0 Å². The van der Waals surface area contributed by atoms with Crippen LogP contribution in [0.4, 0.5) is 0 Å². The van der Waals surface area contributed by atoms with Crippen LogP contribution in [0, 0.1) is 0 Å². The highest BCUT2D eigenvalue weighted by Gasteiger charge is 2.19. The fourth-order valence-corrected chi connectivity index (χ4v) is 3.72. The Balaban J connectivity index is 1.72. The third kappa shape index (κ3) is 4.52. The van der Waals surface area contributed by atoms with E-state index in [2.05, 4.69) is 33.0 Å². The molecule has 0 amide bonds. The zero-order valence-electron chi connectivity index (χ0n) is 9.70. The first-order chi connectivity index (χ1) is 8.28. The molecule has 1 aromatic rings. The maximum absolute atomic E-state index is 5.67. The van der Waals surface area contributed by atoms with Crippen molar-refractivity contribution < 1.29 is 4.74 Å². The number of hydrogen-bond acceptors (Lipinski definition) is 3. The van der Waals surface area contributed by atoms with Gasteiger partial charge in [-0.15, -0.1) is 22.9 Å². The van der Waals surface area contributed by atoms with Crippen LogP contribution >= 0.6 is 38.9 Å². The molecule has 17 heavy (non-hydrogen) atoms. The standard InChI is InChI=1S/C12H17BrClNOS/c13-12-2-1-11(17-12)9-15-6-3-10(4-7-15)16-8-5-14/h1-2,10H,3-9H2. The monoisotopic (exact) mass is 337 g/mol. The van der Waals surface area contributed by atoms with Crippen LogP contribution in [0.1, 0.15) is 17.7 Å². The lowest BCUT2D eigenvalue weighted by Gasteiger charge is -2.31. The number of nitrogens with zero attached hydrogens (tertiary/aromatic N) is 1. The van der Waals surface area contributed by atoms with E-state index in [0.29, 0.717) is 18.6 Å². The minimum Gasteiger partial charge on any atom is -0.377 e. The van der Waals surface area contributed by atoms with Gasteiger partial charge in [-0.2, -0.15) is 0 Å². The van der Waals surface area contributed by atoms with Gasteiger partial charge in [0.25, 0.3) is 0 Å². The highest BCUT2D eigenvalue weighted by molar-refractivity contribution is 9.11. The topological polar surface area (TPSA) is 12.5 Å². The Kier molecular flexibility index (Phi) is 5.77. The van der Waals surface area contributed by atoms with Crippen molar-refractivity contribution in [3.05, 3.63) is 20.8 Å². The molecule has 1 fully saturated rings. The van der Waals surface area contributed by atoms with Gasteiger partial charge in [0, 0.05) is 30.4 Å². The largest absolute Gasteiger partial charge is 0.377 e. The highest BCUT2D eigenvalue weighted by Crippen LogP contribution is 2.24. The van der Waals surface area contributed by atoms with Gasteiger partial charge in [-0.25, -0.2) is 0 Å². The molecule has 2 heterocycles. The number of ether oxygens (including phenoxy) is 1. The third-order valence-electron chi connectivity index (χ3n) is 2.97. The van der Waals surface area contributed by atoms with Gasteiger partial charge >= 0.3 is 0 Å². The number of alkyl halides is 1. The van der Waals surface area contributed by atoms with Crippen LogP contribution in [0.2, 0.25) is 0 Å². The minimum absolute atomic E-state index is 0.417. The van der Waals surface area contributed by atoms with Crippen molar-refractivity contribution in [3.63, 3.8) is 0 Å². The molecule has 0 bridgehead atoms. The van der Waals surface area contributed by atoms with E-state index in [1.807, 2.05) is 11.3 Å². The highest BCUT2D eigenvalue weighted by atomic mass is 79.9. The second-order valence-corrected chi connectivity index (χ2v) is 7.17. The number of piperidine rings is 1. The van der Waals surface area contributed by atoms with Gasteiger partial charge in [0.15, 0.2) is 0 Å². The van der Waals surface area contributed by atoms with E-state index in [0.717, 1.165) is 32.5 Å². The Morgan fingerprint density at radius 3 is 2.76 bits per heavy atom. The normalized spacial score (nSPS) is 18.7. The molecule has 2 nitrogen and oxygen atoms in total. The number of thiophene rings is 1. The van der Waals surface area contributed by atoms with Gasteiger partial charge in [-0.3, -0.25) is 4.90 Å². The van der Waals surface area contributed by atoms with Crippen molar-refractivity contribution in [2.24, 2.45) is 0 Å². The molecule has 0 radical (unpaired) electrons. The van der Waals surface area contributed by atoms with E-state index in [4.69, 9.17) is 16.3 Å². The van der Waals surface area contributed by atoms with Gasteiger partial charge in [0.2, 0.25) is 0 Å². The molecule has 1 aromatic heterocycles. The summed E-state index contributed by atoms with van der Waals surface area (Å²) < 4.78 is 6.89. The lowest BCUT2D eigenvalue weighted by molar-refractivity contribution is 0.0137. The van der Waals surface area contributed by atoms with Gasteiger partial charge in [-0.1, -0.05) is 0 Å². The maximum Gasteiger partial charge on any atom is 0.0701 e. The molecule has 0 aromatic carbocycles. The summed E-state index contributed by atoms with van der Waals surface area (Å²) in [6, 6.07) is 4.32. The molecule has 1 aliphatic rings. The molecule has 2 rings (SSSR count). The molecular weight excluding hydrogens is 322 g/mol. The summed E-state index contributed by atoms with van der Waals surface area (Å²) in [6.07, 6.45) is 2.67. The first-order valence-corrected chi connectivity index (χ1v) is 8.06. The van der Waals surface area contributed by atoms with Crippen LogP contribution in [-0.4, -0.2) is 36.6 Å². The SMILES string of the molecule is ClCCOC1CCN(Cc2ccc(Br)s2)CC1. The Morgan fingerprint density at radius 2 is 2.18 bits per heavy atom. The van der Waals surface area contributed by atoms with E-state index in [1.165, 1.54) is 8.66 Å². The Bertz CT molecular complexity index is 339. The summed E-state index contributed by atoms with van der Waals surface area (Å²) in [5.74, 6) is 0.601. The number of hydrogen-bond donors (Lipinski definition) is 0. The summed E-state index contributed by atoms with van der Waals surface area (Å²) in [5.41, 5.74) is 0. The molecule has 1 saturated heterocycles. The van der Waals surface area contributed by atoms with E-state index < -0.39 is 0 Å². The van der Waals surface area contributed by atoms with E-state index in [9.17, 15) is 0 Å². The molecule has 0 N–H and O–H groups in total. The average Bonchev–Trinajstić information content (AvgIpc) is 2.74. The van der Waals surface area contributed by atoms with E-state index in [-0.39, 0.29) is 0 Å². The van der Waals surface area contributed by atoms with Crippen molar-refractivity contribution in [2.75, 3.05) is 25.6 Å². The summed E-state index contributed by atoms with van der Waals surface area (Å²) in [4.78, 5) is 3.93. The lowest BCUT2D eigenvalue weighted by atomic mass is 10.1. The molecule has 96 valence electrons. The van der Waals surface area contributed by atoms with Crippen molar-refractivity contribution in [2.45, 2.75) is 25.5 Å².